The lowest BCUT2D eigenvalue weighted by Gasteiger charge is -2.14. The fraction of sp³-hybridized carbons (Fsp3) is 0.429. The third-order valence-corrected chi connectivity index (χ3v) is 4.78. The Kier molecular flexibility index (Phi) is 5.84. The second kappa shape index (κ2) is 8.29. The van der Waals surface area contributed by atoms with Crippen LogP contribution in [0.3, 0.4) is 0 Å². The van der Waals surface area contributed by atoms with Gasteiger partial charge in [0, 0.05) is 19.0 Å². The molecule has 1 heterocycles. The van der Waals surface area contributed by atoms with Crippen molar-refractivity contribution in [2.75, 3.05) is 20.8 Å². The molecule has 2 aromatic rings. The first-order chi connectivity index (χ1) is 13.1. The molecule has 0 N–H and O–H groups in total. The van der Waals surface area contributed by atoms with Gasteiger partial charge in [0.25, 0.3) is 0 Å². The van der Waals surface area contributed by atoms with Gasteiger partial charge >= 0.3 is 5.97 Å². The van der Waals surface area contributed by atoms with Crippen molar-refractivity contribution in [3.63, 3.8) is 0 Å². The Morgan fingerprint density at radius 3 is 2.33 bits per heavy atom. The van der Waals surface area contributed by atoms with Gasteiger partial charge in [0.15, 0.2) is 5.78 Å². The van der Waals surface area contributed by atoms with E-state index in [9.17, 15) is 9.59 Å². The number of carbonyl (C=O) groups is 2. The van der Waals surface area contributed by atoms with Gasteiger partial charge in [-0.3, -0.25) is 4.79 Å². The lowest BCUT2D eigenvalue weighted by atomic mass is 10.1. The maximum atomic E-state index is 12.7. The van der Waals surface area contributed by atoms with Gasteiger partial charge in [0.1, 0.15) is 17.2 Å². The monoisotopic (exact) mass is 371 g/mol. The Morgan fingerprint density at radius 2 is 1.70 bits per heavy atom. The molecule has 0 radical (unpaired) electrons. The van der Waals surface area contributed by atoms with Crippen molar-refractivity contribution in [1.82, 2.24) is 4.57 Å². The Balaban J connectivity index is 2.09. The highest BCUT2D eigenvalue weighted by Gasteiger charge is 2.26. The topological polar surface area (TPSA) is 66.8 Å². The van der Waals surface area contributed by atoms with Crippen LogP contribution in [-0.2, 0) is 17.7 Å². The molecule has 1 aromatic heterocycles. The zero-order valence-corrected chi connectivity index (χ0v) is 16.0. The van der Waals surface area contributed by atoms with Crippen molar-refractivity contribution in [2.24, 2.45) is 0 Å². The number of fused-ring (bicyclic) bond motifs is 1. The van der Waals surface area contributed by atoms with Crippen LogP contribution in [0.25, 0.3) is 0 Å². The highest BCUT2D eigenvalue weighted by molar-refractivity contribution is 5.99. The summed E-state index contributed by atoms with van der Waals surface area (Å²) in [7, 11) is 3.18. The summed E-state index contributed by atoms with van der Waals surface area (Å²) < 4.78 is 17.7. The van der Waals surface area contributed by atoms with Gasteiger partial charge in [0.05, 0.1) is 26.5 Å². The molecule has 3 rings (SSSR count). The van der Waals surface area contributed by atoms with Gasteiger partial charge in [-0.05, 0) is 55.5 Å². The number of hydrogen-bond donors (Lipinski definition) is 0. The molecule has 0 fully saturated rings. The van der Waals surface area contributed by atoms with Crippen LogP contribution in [0.1, 0.15) is 58.3 Å². The number of esters is 1. The minimum absolute atomic E-state index is 0.0768. The lowest BCUT2D eigenvalue weighted by Crippen LogP contribution is -2.17. The van der Waals surface area contributed by atoms with Crippen LogP contribution in [0.5, 0.6) is 11.5 Å². The van der Waals surface area contributed by atoms with Crippen molar-refractivity contribution in [3.05, 3.63) is 46.8 Å². The number of Topliss-reactive ketones (excluding diaryl/α,β-unsaturated/α-hetero) is 1. The Labute approximate surface area is 159 Å². The molecule has 0 saturated heterocycles. The zero-order chi connectivity index (χ0) is 19.4. The summed E-state index contributed by atoms with van der Waals surface area (Å²) in [6.07, 6.45) is 3.11. The molecule has 0 atom stereocenters. The van der Waals surface area contributed by atoms with Crippen LogP contribution < -0.4 is 9.47 Å². The average Bonchev–Trinajstić information content (AvgIpc) is 2.92. The number of rotatable bonds is 6. The fourth-order valence-corrected chi connectivity index (χ4v) is 3.52. The molecule has 0 aliphatic heterocycles. The summed E-state index contributed by atoms with van der Waals surface area (Å²) in [6.45, 7) is 2.42. The van der Waals surface area contributed by atoms with Crippen molar-refractivity contribution < 1.29 is 23.8 Å². The van der Waals surface area contributed by atoms with E-state index in [1.165, 1.54) is 0 Å². The van der Waals surface area contributed by atoms with Crippen LogP contribution in [0.15, 0.2) is 24.3 Å². The molecule has 0 amide bonds. The minimum atomic E-state index is -0.409. The number of ketones is 1. The second-order valence-corrected chi connectivity index (χ2v) is 6.56. The number of methoxy groups -OCH3 is 2. The Morgan fingerprint density at radius 1 is 1.04 bits per heavy atom. The largest absolute Gasteiger partial charge is 0.497 e. The van der Waals surface area contributed by atoms with Crippen molar-refractivity contribution in [2.45, 2.75) is 39.2 Å². The first kappa shape index (κ1) is 19.0. The number of aromatic nitrogens is 1. The van der Waals surface area contributed by atoms with E-state index in [-0.39, 0.29) is 12.4 Å². The van der Waals surface area contributed by atoms with Crippen LogP contribution in [-0.4, -0.2) is 37.1 Å². The Bertz CT molecular complexity index is 830. The van der Waals surface area contributed by atoms with Crippen molar-refractivity contribution in [1.29, 1.82) is 0 Å². The van der Waals surface area contributed by atoms with Gasteiger partial charge in [-0.15, -0.1) is 0 Å². The van der Waals surface area contributed by atoms with E-state index in [0.29, 0.717) is 35.9 Å². The van der Waals surface area contributed by atoms with Crippen LogP contribution >= 0.6 is 0 Å². The summed E-state index contributed by atoms with van der Waals surface area (Å²) >= 11 is 0. The summed E-state index contributed by atoms with van der Waals surface area (Å²) in [4.78, 5) is 25.2. The molecule has 0 spiro atoms. The number of benzene rings is 1. The Hall–Kier alpha value is -2.76. The van der Waals surface area contributed by atoms with E-state index in [2.05, 4.69) is 0 Å². The molecule has 144 valence electrons. The van der Waals surface area contributed by atoms with Gasteiger partial charge in [-0.25, -0.2) is 4.79 Å². The van der Waals surface area contributed by atoms with E-state index < -0.39 is 5.97 Å². The average molecular weight is 371 g/mol. The molecule has 0 bridgehead atoms. The van der Waals surface area contributed by atoms with E-state index in [1.807, 2.05) is 18.2 Å². The van der Waals surface area contributed by atoms with Gasteiger partial charge < -0.3 is 18.8 Å². The van der Waals surface area contributed by atoms with E-state index in [0.717, 1.165) is 30.4 Å². The summed E-state index contributed by atoms with van der Waals surface area (Å²) in [5.74, 6) is 0.986. The molecule has 1 aliphatic carbocycles. The van der Waals surface area contributed by atoms with Gasteiger partial charge in [0.2, 0.25) is 0 Å². The van der Waals surface area contributed by atoms with E-state index in [1.54, 1.807) is 31.8 Å². The van der Waals surface area contributed by atoms with Crippen LogP contribution in [0.2, 0.25) is 0 Å². The summed E-state index contributed by atoms with van der Waals surface area (Å²) in [6, 6.07) is 7.36. The standard InChI is InChI=1S/C21H25NO5/c1-4-27-21(24)18-11-15-7-5-6-8-19(23)20(15)22(18)13-14-9-16(25-2)12-17(10-14)26-3/h9-12H,4-8,13H2,1-3H3. The van der Waals surface area contributed by atoms with Crippen LogP contribution in [0.4, 0.5) is 0 Å². The molecule has 27 heavy (non-hydrogen) atoms. The third-order valence-electron chi connectivity index (χ3n) is 4.78. The molecular formula is C21H25NO5. The van der Waals surface area contributed by atoms with Crippen LogP contribution in [0, 0.1) is 0 Å². The summed E-state index contributed by atoms with van der Waals surface area (Å²) in [5, 5.41) is 0. The maximum absolute atomic E-state index is 12.7. The molecule has 0 unspecified atom stereocenters. The number of carbonyl (C=O) groups excluding carboxylic acids is 2. The normalized spacial score (nSPS) is 13.7. The molecule has 6 heteroatoms. The molecule has 1 aliphatic rings. The SMILES string of the molecule is CCOC(=O)c1cc2c(n1Cc1cc(OC)cc(OC)c1)C(=O)CCCC2. The van der Waals surface area contributed by atoms with E-state index >= 15 is 0 Å². The predicted octanol–water partition coefficient (Wildman–Crippen LogP) is 3.64. The highest BCUT2D eigenvalue weighted by atomic mass is 16.5. The maximum Gasteiger partial charge on any atom is 0.354 e. The van der Waals surface area contributed by atoms with Crippen molar-refractivity contribution in [3.8, 4) is 11.5 Å². The second-order valence-electron chi connectivity index (χ2n) is 6.56. The summed E-state index contributed by atoms with van der Waals surface area (Å²) in [5.41, 5.74) is 2.85. The zero-order valence-electron chi connectivity index (χ0n) is 16.0. The minimum Gasteiger partial charge on any atom is -0.497 e. The number of ether oxygens (including phenoxy) is 3. The van der Waals surface area contributed by atoms with Gasteiger partial charge in [-0.2, -0.15) is 0 Å². The number of nitrogens with zero attached hydrogens (tertiary/aromatic N) is 1. The van der Waals surface area contributed by atoms with Crippen molar-refractivity contribution >= 4 is 11.8 Å². The van der Waals surface area contributed by atoms with Gasteiger partial charge in [-0.1, -0.05) is 0 Å². The first-order valence-corrected chi connectivity index (χ1v) is 9.22. The highest BCUT2D eigenvalue weighted by Crippen LogP contribution is 2.28. The quantitative estimate of drug-likeness (QED) is 0.573. The molecule has 6 nitrogen and oxygen atoms in total. The molecular weight excluding hydrogens is 346 g/mol. The first-order valence-electron chi connectivity index (χ1n) is 9.22. The fourth-order valence-electron chi connectivity index (χ4n) is 3.52. The number of hydrogen-bond acceptors (Lipinski definition) is 5. The molecule has 1 aromatic carbocycles. The molecule has 0 saturated carbocycles. The third kappa shape index (κ3) is 3.99. The number of aryl methyl sites for hydroxylation is 1. The van der Waals surface area contributed by atoms with E-state index in [4.69, 9.17) is 14.2 Å². The smallest absolute Gasteiger partial charge is 0.354 e. The predicted molar refractivity (Wildman–Crippen MR) is 101 cm³/mol. The lowest BCUT2D eigenvalue weighted by molar-refractivity contribution is 0.0514.